The second-order valence-corrected chi connectivity index (χ2v) is 12.0. The summed E-state index contributed by atoms with van der Waals surface area (Å²) >= 11 is 0. The first-order valence-electron chi connectivity index (χ1n) is 14.9. The number of phenolic OH excluding ortho intramolecular Hbond substituents is 2. The molecule has 2 aromatic carbocycles. The number of aromatic hydroxyl groups is 2. The lowest BCUT2D eigenvalue weighted by molar-refractivity contribution is -0.244. The molecular weight excluding hydrogens is 604 g/mol. The van der Waals surface area contributed by atoms with Gasteiger partial charge in [0.25, 0.3) is 0 Å². The highest BCUT2D eigenvalue weighted by atomic mass is 16.7. The Labute approximate surface area is 263 Å². The molecule has 2 aliphatic heterocycles. The third-order valence-corrected chi connectivity index (χ3v) is 9.39. The summed E-state index contributed by atoms with van der Waals surface area (Å²) in [5, 5.41) is 64.1. The molecule has 14 heteroatoms. The Kier molecular flexibility index (Phi) is 8.59. The number of carbonyl (C=O) groups is 3. The fraction of sp³-hybridized carbons (Fsp3) is 0.500. The molecule has 0 spiro atoms. The maximum atomic E-state index is 13.9. The molecule has 46 heavy (non-hydrogen) atoms. The first-order chi connectivity index (χ1) is 22.1. The molecule has 0 radical (unpaired) electrons. The normalized spacial score (nSPS) is 29.3. The molecule has 244 valence electrons. The number of ketones is 3. The van der Waals surface area contributed by atoms with Crippen molar-refractivity contribution in [3.05, 3.63) is 51.6 Å². The number of rotatable bonds is 7. The summed E-state index contributed by atoms with van der Waals surface area (Å²) in [7, 11) is 1.32. The standard InChI is InChI=1S/C32H34N2O12/c1-43-20-4-2-3-18-24(20)30(40)27-26(28(18)38)29(39)19-9-32(42,22(37)13-36)10-21(25(19)31(27)41)46-23-8-15(7-17(12-35)45-23)34-5-6-44-14-16(34)11-33/h2-4,15-17,21,23,35-36,39,41-42H,5-10,12-14H2,1H3/t15-,16?,17-,21?,23+,32+/m1/s1. The molecule has 2 saturated heterocycles. The molecule has 5 N–H and O–H groups in total. The van der Waals surface area contributed by atoms with E-state index in [1.165, 1.54) is 25.3 Å². The molecule has 6 rings (SSSR count). The number of fused-ring (bicyclic) bond motifs is 3. The Morgan fingerprint density at radius 3 is 2.59 bits per heavy atom. The number of aliphatic hydroxyl groups is 3. The van der Waals surface area contributed by atoms with E-state index in [9.17, 15) is 45.2 Å². The fourth-order valence-corrected chi connectivity index (χ4v) is 7.17. The molecule has 2 heterocycles. The highest BCUT2D eigenvalue weighted by Gasteiger charge is 2.50. The summed E-state index contributed by atoms with van der Waals surface area (Å²) in [5.41, 5.74) is -3.75. The van der Waals surface area contributed by atoms with Crippen LogP contribution in [0, 0.1) is 11.3 Å². The van der Waals surface area contributed by atoms with E-state index in [2.05, 4.69) is 6.07 Å². The third-order valence-electron chi connectivity index (χ3n) is 9.39. The van der Waals surface area contributed by atoms with Crippen molar-refractivity contribution in [2.75, 3.05) is 40.1 Å². The SMILES string of the molecule is COc1cccc2c1C(=O)c1c(O)c3c(c(O)c1C2=O)C[C@@](O)(C(=O)CO)CC3O[C@H]1C[C@H](N2CCOCC2C#N)C[C@H](CO)O1. The number of Topliss-reactive ketones (excluding diaryl/α,β-unsaturated/α-hetero) is 1. The van der Waals surface area contributed by atoms with Gasteiger partial charge in [0.15, 0.2) is 17.9 Å². The van der Waals surface area contributed by atoms with Crippen LogP contribution in [0.25, 0.3) is 0 Å². The Hall–Kier alpha value is -3.94. The lowest BCUT2D eigenvalue weighted by atomic mass is 9.72. The highest BCUT2D eigenvalue weighted by molar-refractivity contribution is 6.31. The van der Waals surface area contributed by atoms with E-state index in [0.717, 1.165) is 0 Å². The van der Waals surface area contributed by atoms with Crippen LogP contribution in [-0.4, -0.2) is 118 Å². The maximum Gasteiger partial charge on any atom is 0.202 e. The lowest BCUT2D eigenvalue weighted by Crippen LogP contribution is -2.55. The smallest absolute Gasteiger partial charge is 0.202 e. The van der Waals surface area contributed by atoms with Crippen molar-refractivity contribution < 1.29 is 58.9 Å². The molecule has 14 nitrogen and oxygen atoms in total. The van der Waals surface area contributed by atoms with Crippen molar-refractivity contribution in [3.8, 4) is 23.3 Å². The Bertz CT molecular complexity index is 1640. The molecule has 6 atom stereocenters. The molecular formula is C32H34N2O12. The maximum absolute atomic E-state index is 13.9. The van der Waals surface area contributed by atoms with Gasteiger partial charge in [0.05, 0.1) is 61.9 Å². The quantitative estimate of drug-likeness (QED) is 0.220. The summed E-state index contributed by atoms with van der Waals surface area (Å²) in [5.74, 6) is -3.85. The van der Waals surface area contributed by atoms with E-state index < -0.39 is 89.6 Å². The molecule has 0 saturated carbocycles. The summed E-state index contributed by atoms with van der Waals surface area (Å²) in [6.45, 7) is -0.358. The zero-order valence-electron chi connectivity index (χ0n) is 25.0. The number of aliphatic hydroxyl groups excluding tert-OH is 2. The van der Waals surface area contributed by atoms with Crippen LogP contribution in [0.1, 0.15) is 68.3 Å². The summed E-state index contributed by atoms with van der Waals surface area (Å²) in [4.78, 5) is 42.3. The van der Waals surface area contributed by atoms with Gasteiger partial charge < -0.3 is 44.5 Å². The minimum absolute atomic E-state index is 0.0627. The van der Waals surface area contributed by atoms with E-state index in [1.54, 1.807) is 0 Å². The summed E-state index contributed by atoms with van der Waals surface area (Å²) < 4.78 is 23.1. The first kappa shape index (κ1) is 32.0. The number of ether oxygens (including phenoxy) is 4. The minimum atomic E-state index is -2.28. The van der Waals surface area contributed by atoms with E-state index in [1.807, 2.05) is 4.90 Å². The molecule has 2 aliphatic carbocycles. The van der Waals surface area contributed by atoms with Crippen molar-refractivity contribution in [1.82, 2.24) is 4.90 Å². The third kappa shape index (κ3) is 5.14. The lowest BCUT2D eigenvalue weighted by Gasteiger charge is -2.45. The van der Waals surface area contributed by atoms with Crippen molar-refractivity contribution in [1.29, 1.82) is 5.26 Å². The fourth-order valence-electron chi connectivity index (χ4n) is 7.17. The predicted molar refractivity (Wildman–Crippen MR) is 155 cm³/mol. The number of methoxy groups -OCH3 is 1. The Morgan fingerprint density at radius 1 is 1.13 bits per heavy atom. The van der Waals surface area contributed by atoms with Crippen LogP contribution >= 0.6 is 0 Å². The van der Waals surface area contributed by atoms with Gasteiger partial charge in [-0.3, -0.25) is 19.3 Å². The zero-order chi connectivity index (χ0) is 32.9. The van der Waals surface area contributed by atoms with Crippen molar-refractivity contribution in [2.45, 2.75) is 61.9 Å². The molecule has 0 amide bonds. The monoisotopic (exact) mass is 638 g/mol. The molecule has 0 bridgehead atoms. The largest absolute Gasteiger partial charge is 0.507 e. The summed E-state index contributed by atoms with van der Waals surface area (Å²) in [6.07, 6.45) is -3.72. The first-order valence-corrected chi connectivity index (χ1v) is 14.9. The van der Waals surface area contributed by atoms with Crippen LogP contribution in [0.3, 0.4) is 0 Å². The molecule has 4 aliphatic rings. The van der Waals surface area contributed by atoms with Gasteiger partial charge in [-0.25, -0.2) is 0 Å². The van der Waals surface area contributed by atoms with E-state index in [-0.39, 0.29) is 53.7 Å². The van der Waals surface area contributed by atoms with Gasteiger partial charge in [-0.05, 0) is 12.5 Å². The van der Waals surface area contributed by atoms with Crippen molar-refractivity contribution in [2.24, 2.45) is 0 Å². The minimum Gasteiger partial charge on any atom is -0.507 e. The number of hydrogen-bond donors (Lipinski definition) is 5. The Balaban J connectivity index is 1.44. The number of carbonyl (C=O) groups excluding carboxylic acids is 3. The molecule has 2 fully saturated rings. The van der Waals surface area contributed by atoms with Crippen molar-refractivity contribution in [3.63, 3.8) is 0 Å². The van der Waals surface area contributed by atoms with Gasteiger partial charge in [0.1, 0.15) is 35.5 Å². The van der Waals surface area contributed by atoms with E-state index in [0.29, 0.717) is 19.6 Å². The number of nitrogens with zero attached hydrogens (tertiary/aromatic N) is 2. The van der Waals surface area contributed by atoms with Crippen LogP contribution in [0.2, 0.25) is 0 Å². The van der Waals surface area contributed by atoms with Gasteiger partial charge in [-0.15, -0.1) is 0 Å². The number of nitriles is 1. The van der Waals surface area contributed by atoms with E-state index in [4.69, 9.17) is 18.9 Å². The number of benzene rings is 2. The second kappa shape index (κ2) is 12.3. The van der Waals surface area contributed by atoms with Crippen LogP contribution in [0.5, 0.6) is 17.2 Å². The van der Waals surface area contributed by atoms with Gasteiger partial charge in [0.2, 0.25) is 5.78 Å². The molecule has 0 aromatic heterocycles. The topological polar surface area (TPSA) is 216 Å². The Morgan fingerprint density at radius 2 is 1.89 bits per heavy atom. The molecule has 2 unspecified atom stereocenters. The van der Waals surface area contributed by atoms with E-state index >= 15 is 0 Å². The van der Waals surface area contributed by atoms with Crippen LogP contribution < -0.4 is 4.74 Å². The molecule has 2 aromatic rings. The number of phenols is 2. The predicted octanol–water partition coefficient (Wildman–Crippen LogP) is 0.269. The van der Waals surface area contributed by atoms with Gasteiger partial charge >= 0.3 is 0 Å². The van der Waals surface area contributed by atoms with Gasteiger partial charge in [-0.2, -0.15) is 5.26 Å². The average molecular weight is 639 g/mol. The average Bonchev–Trinajstić information content (AvgIpc) is 3.07. The number of hydrogen-bond acceptors (Lipinski definition) is 14. The summed E-state index contributed by atoms with van der Waals surface area (Å²) in [6, 6.07) is 5.75. The second-order valence-electron chi connectivity index (χ2n) is 12.0. The van der Waals surface area contributed by atoms with Gasteiger partial charge in [-0.1, -0.05) is 12.1 Å². The van der Waals surface area contributed by atoms with Crippen LogP contribution in [0.4, 0.5) is 0 Å². The van der Waals surface area contributed by atoms with Crippen molar-refractivity contribution >= 4 is 17.3 Å². The van der Waals surface area contributed by atoms with Crippen LogP contribution in [0.15, 0.2) is 18.2 Å². The highest BCUT2D eigenvalue weighted by Crippen LogP contribution is 2.52. The number of morpholine rings is 1. The zero-order valence-corrected chi connectivity index (χ0v) is 25.0. The van der Waals surface area contributed by atoms with Gasteiger partial charge in [0, 0.05) is 48.5 Å². The van der Waals surface area contributed by atoms with Crippen LogP contribution in [-0.2, 0) is 25.4 Å².